The van der Waals surface area contributed by atoms with Gasteiger partial charge in [-0.15, -0.1) is 0 Å². The number of benzene rings is 4. The van der Waals surface area contributed by atoms with Crippen LogP contribution in [0.2, 0.25) is 0 Å². The van der Waals surface area contributed by atoms with Crippen LogP contribution in [-0.4, -0.2) is 42.4 Å². The van der Waals surface area contributed by atoms with Crippen LogP contribution < -0.4 is 0 Å². The molecule has 0 amide bonds. The standard InChI is InChI=1S/C16H12N2O3.C15H10N2O3/c1-10-5-2-3-8-13(10)15-17-14(18-21-15)11-6-4-7-12(9-11)16(19)20;18-15(19)12-8-4-7-11(9-12)13-16-14(20-17-13)10-5-2-1-3-6-10/h2-9H,1H3,(H,19,20);1-9H,(H,18,19). The van der Waals surface area contributed by atoms with Gasteiger partial charge in [-0.3, -0.25) is 0 Å². The molecule has 10 heteroatoms. The van der Waals surface area contributed by atoms with Crippen molar-refractivity contribution in [2.45, 2.75) is 6.92 Å². The lowest BCUT2D eigenvalue weighted by molar-refractivity contribution is 0.0686. The molecule has 0 fully saturated rings. The van der Waals surface area contributed by atoms with Gasteiger partial charge in [0.15, 0.2) is 0 Å². The molecule has 2 heterocycles. The van der Waals surface area contributed by atoms with E-state index in [-0.39, 0.29) is 11.1 Å². The fourth-order valence-corrected chi connectivity index (χ4v) is 3.88. The van der Waals surface area contributed by atoms with E-state index in [4.69, 9.17) is 19.3 Å². The van der Waals surface area contributed by atoms with Gasteiger partial charge in [0, 0.05) is 22.3 Å². The average Bonchev–Trinajstić information content (AvgIpc) is 3.70. The van der Waals surface area contributed by atoms with Crippen LogP contribution in [0.3, 0.4) is 0 Å². The lowest BCUT2D eigenvalue weighted by atomic mass is 10.1. The Labute approximate surface area is 233 Å². The molecule has 0 radical (unpaired) electrons. The first-order chi connectivity index (χ1) is 19.9. The lowest BCUT2D eigenvalue weighted by Crippen LogP contribution is -1.96. The fraction of sp³-hybridized carbons (Fsp3) is 0.0323. The third-order valence-corrected chi connectivity index (χ3v) is 5.98. The molecule has 41 heavy (non-hydrogen) atoms. The minimum Gasteiger partial charge on any atom is -0.478 e. The Hall–Kier alpha value is -5.90. The van der Waals surface area contributed by atoms with E-state index in [0.717, 1.165) is 16.7 Å². The molecule has 0 atom stereocenters. The van der Waals surface area contributed by atoms with Crippen LogP contribution in [-0.2, 0) is 0 Å². The second kappa shape index (κ2) is 11.9. The number of carboxylic acid groups (broad SMARTS) is 2. The Morgan fingerprint density at radius 3 is 1.63 bits per heavy atom. The van der Waals surface area contributed by atoms with Crippen LogP contribution in [0.1, 0.15) is 26.3 Å². The second-order valence-corrected chi connectivity index (χ2v) is 8.80. The van der Waals surface area contributed by atoms with Crippen LogP contribution in [0.5, 0.6) is 0 Å². The Kier molecular flexibility index (Phi) is 7.73. The van der Waals surface area contributed by atoms with E-state index in [1.807, 2.05) is 61.5 Å². The summed E-state index contributed by atoms with van der Waals surface area (Å²) in [5.74, 6) is -0.411. The zero-order valence-electron chi connectivity index (χ0n) is 21.6. The van der Waals surface area contributed by atoms with E-state index in [1.165, 1.54) is 24.3 Å². The van der Waals surface area contributed by atoms with Crippen molar-refractivity contribution >= 4 is 11.9 Å². The zero-order valence-corrected chi connectivity index (χ0v) is 21.6. The Morgan fingerprint density at radius 1 is 0.585 bits per heavy atom. The van der Waals surface area contributed by atoms with Gasteiger partial charge in [-0.05, 0) is 55.0 Å². The van der Waals surface area contributed by atoms with Crippen molar-refractivity contribution in [2.75, 3.05) is 0 Å². The summed E-state index contributed by atoms with van der Waals surface area (Å²) in [6.45, 7) is 1.96. The third kappa shape index (κ3) is 6.23. The van der Waals surface area contributed by atoms with Crippen molar-refractivity contribution in [1.82, 2.24) is 20.3 Å². The molecule has 2 aromatic heterocycles. The highest BCUT2D eigenvalue weighted by molar-refractivity contribution is 5.89. The number of nitrogens with zero attached hydrogens (tertiary/aromatic N) is 4. The Bertz CT molecular complexity index is 1830. The van der Waals surface area contributed by atoms with E-state index in [1.54, 1.807) is 24.3 Å². The monoisotopic (exact) mass is 546 g/mol. The summed E-state index contributed by atoms with van der Waals surface area (Å²) < 4.78 is 10.5. The summed E-state index contributed by atoms with van der Waals surface area (Å²) >= 11 is 0. The summed E-state index contributed by atoms with van der Waals surface area (Å²) in [7, 11) is 0. The van der Waals surface area contributed by atoms with E-state index >= 15 is 0 Å². The van der Waals surface area contributed by atoms with Gasteiger partial charge in [0.05, 0.1) is 11.1 Å². The molecule has 6 aromatic rings. The molecular formula is C31H22N4O6. The minimum atomic E-state index is -0.987. The van der Waals surface area contributed by atoms with Crippen molar-refractivity contribution in [3.63, 3.8) is 0 Å². The van der Waals surface area contributed by atoms with Gasteiger partial charge >= 0.3 is 11.9 Å². The molecule has 0 aliphatic carbocycles. The molecule has 6 rings (SSSR count). The van der Waals surface area contributed by atoms with Crippen LogP contribution in [0.4, 0.5) is 0 Å². The summed E-state index contributed by atoms with van der Waals surface area (Å²) in [5, 5.41) is 25.8. The Morgan fingerprint density at radius 2 is 1.07 bits per heavy atom. The number of aromatic nitrogens is 4. The van der Waals surface area contributed by atoms with Crippen LogP contribution in [0.25, 0.3) is 45.7 Å². The SMILES string of the molecule is Cc1ccccc1-c1nc(-c2cccc(C(=O)O)c2)no1.O=C(O)c1cccc(-c2noc(-c3ccccc3)n2)c1. The normalized spacial score (nSPS) is 10.5. The number of hydrogen-bond donors (Lipinski definition) is 2. The van der Waals surface area contributed by atoms with Crippen molar-refractivity contribution in [1.29, 1.82) is 0 Å². The maximum absolute atomic E-state index is 11.0. The smallest absolute Gasteiger partial charge is 0.335 e. The topological polar surface area (TPSA) is 152 Å². The molecule has 0 spiro atoms. The zero-order chi connectivity index (χ0) is 28.8. The largest absolute Gasteiger partial charge is 0.478 e. The van der Waals surface area contributed by atoms with Gasteiger partial charge < -0.3 is 19.3 Å². The minimum absolute atomic E-state index is 0.188. The predicted molar refractivity (Wildman–Crippen MR) is 149 cm³/mol. The predicted octanol–water partition coefficient (Wildman–Crippen LogP) is 6.51. The molecule has 0 aliphatic heterocycles. The molecule has 0 saturated heterocycles. The lowest BCUT2D eigenvalue weighted by Gasteiger charge is -1.98. The highest BCUT2D eigenvalue weighted by Crippen LogP contribution is 2.25. The number of rotatable bonds is 6. The first-order valence-electron chi connectivity index (χ1n) is 12.4. The Balaban J connectivity index is 0.000000165. The average molecular weight is 547 g/mol. The molecule has 0 bridgehead atoms. The van der Waals surface area contributed by atoms with E-state index in [0.29, 0.717) is 34.6 Å². The van der Waals surface area contributed by atoms with Crippen LogP contribution >= 0.6 is 0 Å². The summed E-state index contributed by atoms with van der Waals surface area (Å²) in [6, 6.07) is 30.0. The number of carbonyl (C=O) groups is 2. The molecule has 202 valence electrons. The molecule has 2 N–H and O–H groups in total. The van der Waals surface area contributed by atoms with Crippen LogP contribution in [0.15, 0.2) is 112 Å². The van der Waals surface area contributed by atoms with Gasteiger partial charge in [0.1, 0.15) is 0 Å². The fourth-order valence-electron chi connectivity index (χ4n) is 3.88. The van der Waals surface area contributed by atoms with Gasteiger partial charge in [0.2, 0.25) is 11.6 Å². The maximum atomic E-state index is 11.0. The van der Waals surface area contributed by atoms with Gasteiger partial charge in [0.25, 0.3) is 11.8 Å². The molecular weight excluding hydrogens is 524 g/mol. The number of aromatic carboxylic acids is 2. The number of carboxylic acids is 2. The van der Waals surface area contributed by atoms with Gasteiger partial charge in [-0.2, -0.15) is 9.97 Å². The molecule has 0 aliphatic rings. The summed E-state index contributed by atoms with van der Waals surface area (Å²) in [6.07, 6.45) is 0. The van der Waals surface area contributed by atoms with Crippen molar-refractivity contribution in [3.05, 3.63) is 120 Å². The van der Waals surface area contributed by atoms with Crippen LogP contribution in [0, 0.1) is 6.92 Å². The first-order valence-corrected chi connectivity index (χ1v) is 12.4. The third-order valence-electron chi connectivity index (χ3n) is 5.98. The quantitative estimate of drug-likeness (QED) is 0.236. The van der Waals surface area contributed by atoms with E-state index < -0.39 is 11.9 Å². The maximum Gasteiger partial charge on any atom is 0.335 e. The molecule has 10 nitrogen and oxygen atoms in total. The van der Waals surface area contributed by atoms with Crippen molar-refractivity contribution < 1.29 is 28.8 Å². The van der Waals surface area contributed by atoms with Gasteiger partial charge in [-0.25, -0.2) is 9.59 Å². The molecule has 4 aromatic carbocycles. The second-order valence-electron chi connectivity index (χ2n) is 8.80. The van der Waals surface area contributed by atoms with E-state index in [9.17, 15) is 9.59 Å². The van der Waals surface area contributed by atoms with Gasteiger partial charge in [-0.1, -0.05) is 71.0 Å². The highest BCUT2D eigenvalue weighted by Gasteiger charge is 2.14. The van der Waals surface area contributed by atoms with Crippen molar-refractivity contribution in [2.24, 2.45) is 0 Å². The number of hydrogen-bond acceptors (Lipinski definition) is 8. The summed E-state index contributed by atoms with van der Waals surface area (Å²) in [5.41, 5.74) is 4.32. The van der Waals surface area contributed by atoms with Crippen molar-refractivity contribution in [3.8, 4) is 45.7 Å². The summed E-state index contributed by atoms with van der Waals surface area (Å²) in [4.78, 5) is 30.6. The number of aryl methyl sites for hydroxylation is 1. The first kappa shape index (κ1) is 26.7. The highest BCUT2D eigenvalue weighted by atomic mass is 16.5. The van der Waals surface area contributed by atoms with E-state index in [2.05, 4.69) is 20.3 Å². The molecule has 0 unspecified atom stereocenters. The molecule has 0 saturated carbocycles.